The number of rotatable bonds is 5. The second kappa shape index (κ2) is 11.0. The van der Waals surface area contributed by atoms with E-state index < -0.39 is 0 Å². The molecule has 1 aromatic rings. The number of likely N-dealkylation sites (tertiary alicyclic amines) is 1. The molecule has 156 valence electrons. The molecule has 3 unspecified atom stereocenters. The highest BCUT2D eigenvalue weighted by Gasteiger charge is 2.25. The Morgan fingerprint density at radius 1 is 1.32 bits per heavy atom. The van der Waals surface area contributed by atoms with Crippen LogP contribution in [0.3, 0.4) is 0 Å². The smallest absolute Gasteiger partial charge is 0.225 e. The van der Waals surface area contributed by atoms with Crippen molar-refractivity contribution >= 4 is 41.5 Å². The minimum atomic E-state index is 0. The van der Waals surface area contributed by atoms with Crippen LogP contribution in [0.2, 0.25) is 0 Å². The van der Waals surface area contributed by atoms with Gasteiger partial charge in [0, 0.05) is 50.2 Å². The first-order chi connectivity index (χ1) is 13.1. The molecule has 1 saturated heterocycles. The number of fused-ring (bicyclic) bond motifs is 1. The molecule has 0 radical (unpaired) electrons. The van der Waals surface area contributed by atoms with Gasteiger partial charge in [-0.25, -0.2) is 0 Å². The molecule has 1 fully saturated rings. The summed E-state index contributed by atoms with van der Waals surface area (Å²) in [5, 5.41) is 9.82. The van der Waals surface area contributed by atoms with E-state index >= 15 is 0 Å². The number of carbonyl (C=O) groups excluding carboxylic acids is 1. The molecule has 0 spiro atoms. The number of piperidine rings is 1. The number of halogens is 1. The maximum Gasteiger partial charge on any atom is 0.225 e. The van der Waals surface area contributed by atoms with E-state index in [0.29, 0.717) is 25.0 Å². The van der Waals surface area contributed by atoms with Crippen LogP contribution in [0, 0.1) is 0 Å². The van der Waals surface area contributed by atoms with Crippen LogP contribution in [0.5, 0.6) is 0 Å². The van der Waals surface area contributed by atoms with E-state index in [-0.39, 0.29) is 35.8 Å². The Labute approximate surface area is 186 Å². The van der Waals surface area contributed by atoms with Crippen LogP contribution in [-0.2, 0) is 4.79 Å². The maximum absolute atomic E-state index is 12.0. The van der Waals surface area contributed by atoms with Gasteiger partial charge < -0.3 is 16.0 Å². The molecule has 0 aliphatic carbocycles. The summed E-state index contributed by atoms with van der Waals surface area (Å²) >= 11 is 0. The van der Waals surface area contributed by atoms with Gasteiger partial charge in [0.05, 0.1) is 0 Å². The molecule has 28 heavy (non-hydrogen) atoms. The Morgan fingerprint density at radius 3 is 2.86 bits per heavy atom. The molecule has 3 rings (SSSR count). The summed E-state index contributed by atoms with van der Waals surface area (Å²) < 4.78 is 0. The average Bonchev–Trinajstić information content (AvgIpc) is 2.68. The fraction of sp³-hybridized carbons (Fsp3) is 0.619. The number of nitrogens with zero attached hydrogens (tertiary/aromatic N) is 2. The van der Waals surface area contributed by atoms with Gasteiger partial charge in [-0.1, -0.05) is 24.6 Å². The molecule has 1 aromatic carbocycles. The Hall–Kier alpha value is -1.35. The van der Waals surface area contributed by atoms with Crippen molar-refractivity contribution in [2.24, 2.45) is 4.99 Å². The lowest BCUT2D eigenvalue weighted by atomic mass is 9.90. The minimum absolute atomic E-state index is 0. The van der Waals surface area contributed by atoms with Crippen molar-refractivity contribution in [1.82, 2.24) is 15.5 Å². The van der Waals surface area contributed by atoms with Crippen LogP contribution in [0.25, 0.3) is 0 Å². The van der Waals surface area contributed by atoms with E-state index in [0.717, 1.165) is 18.2 Å². The quantitative estimate of drug-likeness (QED) is 0.331. The van der Waals surface area contributed by atoms with Gasteiger partial charge in [0.1, 0.15) is 0 Å². The van der Waals surface area contributed by atoms with Gasteiger partial charge in [-0.05, 0) is 44.9 Å². The predicted molar refractivity (Wildman–Crippen MR) is 127 cm³/mol. The van der Waals surface area contributed by atoms with Crippen LogP contribution in [0.15, 0.2) is 29.3 Å². The van der Waals surface area contributed by atoms with Gasteiger partial charge in [-0.15, -0.1) is 24.0 Å². The van der Waals surface area contributed by atoms with Crippen LogP contribution in [-0.4, -0.2) is 55.5 Å². The topological polar surface area (TPSA) is 68.8 Å². The van der Waals surface area contributed by atoms with Gasteiger partial charge in [0.25, 0.3) is 0 Å². The molecule has 2 heterocycles. The van der Waals surface area contributed by atoms with E-state index in [1.165, 1.54) is 31.4 Å². The zero-order valence-electron chi connectivity index (χ0n) is 17.2. The SMILES string of the molecule is CN=C(NCC1CC(=O)Nc2ccccc21)NCC(C)N1CCCCC1C.I. The Balaban J connectivity index is 0.00000280. The fourth-order valence-electron chi connectivity index (χ4n) is 4.26. The molecular weight excluding hydrogens is 465 g/mol. The van der Waals surface area contributed by atoms with Gasteiger partial charge in [-0.2, -0.15) is 0 Å². The maximum atomic E-state index is 12.0. The van der Waals surface area contributed by atoms with E-state index in [9.17, 15) is 4.79 Å². The van der Waals surface area contributed by atoms with Gasteiger partial charge >= 0.3 is 0 Å². The van der Waals surface area contributed by atoms with Crippen molar-refractivity contribution < 1.29 is 4.79 Å². The molecule has 0 aromatic heterocycles. The summed E-state index contributed by atoms with van der Waals surface area (Å²) in [6.45, 7) is 7.35. The molecular formula is C21H34IN5O. The van der Waals surface area contributed by atoms with Crippen molar-refractivity contribution in [2.75, 3.05) is 32.0 Å². The molecule has 7 heteroatoms. The summed E-state index contributed by atoms with van der Waals surface area (Å²) in [4.78, 5) is 18.9. The second-order valence-electron chi connectivity index (χ2n) is 7.80. The summed E-state index contributed by atoms with van der Waals surface area (Å²) in [5.41, 5.74) is 2.12. The van der Waals surface area contributed by atoms with E-state index in [2.05, 4.69) is 45.8 Å². The standard InChI is InChI=1S/C21H33N5O.HI/c1-15-8-6-7-11-26(15)16(2)13-23-21(22-3)24-14-17-12-20(27)25-19-10-5-4-9-18(17)19;/h4-5,9-10,15-17H,6-8,11-14H2,1-3H3,(H,25,27)(H2,22,23,24);1H. The minimum Gasteiger partial charge on any atom is -0.356 e. The number of guanidine groups is 1. The van der Waals surface area contributed by atoms with Crippen LogP contribution in [0.4, 0.5) is 5.69 Å². The number of anilines is 1. The van der Waals surface area contributed by atoms with Crippen LogP contribution < -0.4 is 16.0 Å². The third-order valence-electron chi connectivity index (χ3n) is 5.83. The Kier molecular flexibility index (Phi) is 9.01. The first-order valence-electron chi connectivity index (χ1n) is 10.2. The second-order valence-corrected chi connectivity index (χ2v) is 7.80. The number of para-hydroxylation sites is 1. The van der Waals surface area contributed by atoms with Crippen LogP contribution >= 0.6 is 24.0 Å². The van der Waals surface area contributed by atoms with Crippen molar-refractivity contribution in [1.29, 1.82) is 0 Å². The van der Waals surface area contributed by atoms with E-state index in [1.54, 1.807) is 7.05 Å². The Bertz CT molecular complexity index is 681. The summed E-state index contributed by atoms with van der Waals surface area (Å²) in [6, 6.07) is 9.17. The van der Waals surface area contributed by atoms with Gasteiger partial charge in [0.2, 0.25) is 5.91 Å². The summed E-state index contributed by atoms with van der Waals surface area (Å²) in [5.74, 6) is 1.04. The summed E-state index contributed by atoms with van der Waals surface area (Å²) in [6.07, 6.45) is 4.44. The number of amides is 1. The number of hydrogen-bond acceptors (Lipinski definition) is 3. The lowest BCUT2D eigenvalue weighted by Crippen LogP contribution is -2.50. The normalized spacial score (nSPS) is 23.8. The molecule has 0 saturated carbocycles. The monoisotopic (exact) mass is 499 g/mol. The van der Waals surface area contributed by atoms with E-state index in [4.69, 9.17) is 0 Å². The van der Waals surface area contributed by atoms with Crippen molar-refractivity contribution in [3.8, 4) is 0 Å². The molecule has 3 N–H and O–H groups in total. The first-order valence-corrected chi connectivity index (χ1v) is 10.2. The largest absolute Gasteiger partial charge is 0.356 e. The number of nitrogens with one attached hydrogen (secondary N) is 3. The summed E-state index contributed by atoms with van der Waals surface area (Å²) in [7, 11) is 1.80. The lowest BCUT2D eigenvalue weighted by molar-refractivity contribution is -0.116. The van der Waals surface area contributed by atoms with Crippen molar-refractivity contribution in [3.63, 3.8) is 0 Å². The zero-order valence-corrected chi connectivity index (χ0v) is 19.5. The highest BCUT2D eigenvalue weighted by Crippen LogP contribution is 2.31. The number of carbonyl (C=O) groups is 1. The predicted octanol–water partition coefficient (Wildman–Crippen LogP) is 3.16. The molecule has 2 aliphatic rings. The number of aliphatic imine (C=N–C) groups is 1. The lowest BCUT2D eigenvalue weighted by Gasteiger charge is -2.38. The highest BCUT2D eigenvalue weighted by molar-refractivity contribution is 14.0. The fourth-order valence-corrected chi connectivity index (χ4v) is 4.26. The molecule has 3 atom stereocenters. The van der Waals surface area contributed by atoms with Gasteiger partial charge in [-0.3, -0.25) is 14.7 Å². The molecule has 6 nitrogen and oxygen atoms in total. The molecule has 1 amide bonds. The molecule has 2 aliphatic heterocycles. The van der Waals surface area contributed by atoms with Crippen LogP contribution in [0.1, 0.15) is 51.0 Å². The third-order valence-corrected chi connectivity index (χ3v) is 5.83. The highest BCUT2D eigenvalue weighted by atomic mass is 127. The number of hydrogen-bond donors (Lipinski definition) is 3. The van der Waals surface area contributed by atoms with Gasteiger partial charge in [0.15, 0.2) is 5.96 Å². The Morgan fingerprint density at radius 2 is 2.11 bits per heavy atom. The average molecular weight is 499 g/mol. The zero-order chi connectivity index (χ0) is 19.2. The number of benzene rings is 1. The molecule has 0 bridgehead atoms. The van der Waals surface area contributed by atoms with Crippen molar-refractivity contribution in [2.45, 2.75) is 57.5 Å². The first kappa shape index (κ1) is 22.9. The van der Waals surface area contributed by atoms with Crippen molar-refractivity contribution in [3.05, 3.63) is 29.8 Å². The third kappa shape index (κ3) is 5.83. The van der Waals surface area contributed by atoms with E-state index in [1.807, 2.05) is 18.2 Å².